The van der Waals surface area contributed by atoms with E-state index in [0.717, 1.165) is 16.8 Å². The second-order valence-corrected chi connectivity index (χ2v) is 6.39. The number of aromatic nitrogens is 2. The second kappa shape index (κ2) is 7.25. The zero-order valence-electron chi connectivity index (χ0n) is 14.0. The van der Waals surface area contributed by atoms with E-state index in [2.05, 4.69) is 10.4 Å². The highest BCUT2D eigenvalue weighted by Gasteiger charge is 2.15. The molecule has 0 bridgehead atoms. The van der Waals surface area contributed by atoms with Crippen molar-refractivity contribution in [3.63, 3.8) is 0 Å². The van der Waals surface area contributed by atoms with Crippen molar-refractivity contribution >= 4 is 11.6 Å². The molecule has 4 nitrogen and oxygen atoms in total. The quantitative estimate of drug-likeness (QED) is 0.703. The maximum atomic E-state index is 13.4. The zero-order chi connectivity index (χ0) is 18.0. The van der Waals surface area contributed by atoms with Crippen LogP contribution in [0.1, 0.15) is 29.8 Å². The van der Waals surface area contributed by atoms with Crippen molar-refractivity contribution in [3.05, 3.63) is 76.3 Å². The molecule has 0 amide bonds. The lowest BCUT2D eigenvalue weighted by molar-refractivity contribution is 0.460. The Labute approximate surface area is 150 Å². The van der Waals surface area contributed by atoms with Gasteiger partial charge in [0.2, 0.25) is 0 Å². The molecule has 0 spiro atoms. The Balaban J connectivity index is 1.77. The molecule has 0 radical (unpaired) electrons. The highest BCUT2D eigenvalue weighted by atomic mass is 35.5. The van der Waals surface area contributed by atoms with Gasteiger partial charge >= 0.3 is 0 Å². The van der Waals surface area contributed by atoms with E-state index in [1.807, 2.05) is 19.9 Å². The van der Waals surface area contributed by atoms with Crippen LogP contribution in [0.25, 0.3) is 5.69 Å². The molecule has 0 aliphatic carbocycles. The van der Waals surface area contributed by atoms with Crippen LogP contribution in [0.4, 0.5) is 4.39 Å². The number of nitrogens with zero attached hydrogens (tertiary/aromatic N) is 2. The standard InChI is InChI=1S/C19H19ClFN3O/c1-12(22-10-14-8-15(20)6-7-19(14)25)18-11-23-24(13(18)2)17-5-3-4-16(21)9-17/h3-9,11-12,22,25H,10H2,1-2H3. The third kappa shape index (κ3) is 3.83. The fraction of sp³-hybridized carbons (Fsp3) is 0.211. The molecule has 25 heavy (non-hydrogen) atoms. The normalized spacial score (nSPS) is 12.3. The first-order valence-corrected chi connectivity index (χ1v) is 8.34. The summed E-state index contributed by atoms with van der Waals surface area (Å²) in [6, 6.07) is 11.3. The molecule has 0 aliphatic rings. The summed E-state index contributed by atoms with van der Waals surface area (Å²) in [5.74, 6) is -0.0900. The van der Waals surface area contributed by atoms with E-state index >= 15 is 0 Å². The van der Waals surface area contributed by atoms with E-state index in [-0.39, 0.29) is 17.6 Å². The second-order valence-electron chi connectivity index (χ2n) is 5.95. The SMILES string of the molecule is Cc1c(C(C)NCc2cc(Cl)ccc2O)cnn1-c1cccc(F)c1. The van der Waals surface area contributed by atoms with Gasteiger partial charge in [-0.05, 0) is 50.2 Å². The van der Waals surface area contributed by atoms with Crippen molar-refractivity contribution in [1.29, 1.82) is 0 Å². The van der Waals surface area contributed by atoms with E-state index in [1.54, 1.807) is 35.1 Å². The van der Waals surface area contributed by atoms with Gasteiger partial charge < -0.3 is 10.4 Å². The first kappa shape index (κ1) is 17.5. The third-order valence-electron chi connectivity index (χ3n) is 4.21. The number of halogens is 2. The monoisotopic (exact) mass is 359 g/mol. The highest BCUT2D eigenvalue weighted by Crippen LogP contribution is 2.24. The molecule has 0 fully saturated rings. The maximum absolute atomic E-state index is 13.4. The number of benzene rings is 2. The van der Waals surface area contributed by atoms with Gasteiger partial charge in [0, 0.05) is 34.4 Å². The van der Waals surface area contributed by atoms with Gasteiger partial charge in [-0.25, -0.2) is 9.07 Å². The van der Waals surface area contributed by atoms with E-state index in [9.17, 15) is 9.50 Å². The molecule has 0 saturated carbocycles. The van der Waals surface area contributed by atoms with Gasteiger partial charge in [-0.15, -0.1) is 0 Å². The summed E-state index contributed by atoms with van der Waals surface area (Å²) in [6.07, 6.45) is 1.77. The number of aromatic hydroxyl groups is 1. The predicted molar refractivity (Wildman–Crippen MR) is 96.6 cm³/mol. The molecule has 2 N–H and O–H groups in total. The van der Waals surface area contributed by atoms with Gasteiger partial charge in [-0.2, -0.15) is 5.10 Å². The Morgan fingerprint density at radius 1 is 1.28 bits per heavy atom. The Kier molecular flexibility index (Phi) is 5.06. The molecule has 2 aromatic carbocycles. The average molecular weight is 360 g/mol. The van der Waals surface area contributed by atoms with E-state index in [0.29, 0.717) is 17.3 Å². The smallest absolute Gasteiger partial charge is 0.125 e. The average Bonchev–Trinajstić information content (AvgIpc) is 2.97. The molecule has 3 aromatic rings. The molecule has 3 rings (SSSR count). The number of phenolic OH excluding ortho intramolecular Hbond substituents is 1. The topological polar surface area (TPSA) is 50.1 Å². The first-order valence-electron chi connectivity index (χ1n) is 7.97. The van der Waals surface area contributed by atoms with Crippen LogP contribution >= 0.6 is 11.6 Å². The molecule has 0 saturated heterocycles. The Morgan fingerprint density at radius 3 is 2.84 bits per heavy atom. The molecular formula is C19H19ClFN3O. The van der Waals surface area contributed by atoms with Gasteiger partial charge in [0.25, 0.3) is 0 Å². The number of hydrogen-bond donors (Lipinski definition) is 2. The lowest BCUT2D eigenvalue weighted by Crippen LogP contribution is -2.18. The van der Waals surface area contributed by atoms with Gasteiger partial charge in [-0.3, -0.25) is 0 Å². The highest BCUT2D eigenvalue weighted by molar-refractivity contribution is 6.30. The van der Waals surface area contributed by atoms with Gasteiger partial charge in [-0.1, -0.05) is 17.7 Å². The Hall–Kier alpha value is -2.37. The molecule has 0 aliphatic heterocycles. The molecular weight excluding hydrogens is 341 g/mol. The van der Waals surface area contributed by atoms with Crippen molar-refractivity contribution in [1.82, 2.24) is 15.1 Å². The van der Waals surface area contributed by atoms with Crippen molar-refractivity contribution in [2.24, 2.45) is 0 Å². The lowest BCUT2D eigenvalue weighted by atomic mass is 10.1. The van der Waals surface area contributed by atoms with Crippen LogP contribution in [0, 0.1) is 12.7 Å². The molecule has 1 aromatic heterocycles. The number of phenols is 1. The minimum atomic E-state index is -0.295. The van der Waals surface area contributed by atoms with Crippen LogP contribution in [-0.2, 0) is 6.54 Å². The summed E-state index contributed by atoms with van der Waals surface area (Å²) in [6.45, 7) is 4.43. The molecule has 1 unspecified atom stereocenters. The molecule has 6 heteroatoms. The Bertz CT molecular complexity index is 894. The maximum Gasteiger partial charge on any atom is 0.125 e. The first-order chi connectivity index (χ1) is 12.0. The zero-order valence-corrected chi connectivity index (χ0v) is 14.8. The largest absolute Gasteiger partial charge is 0.508 e. The van der Waals surface area contributed by atoms with Gasteiger partial charge in [0.1, 0.15) is 11.6 Å². The van der Waals surface area contributed by atoms with Crippen molar-refractivity contribution < 1.29 is 9.50 Å². The molecule has 1 heterocycles. The number of nitrogens with one attached hydrogen (secondary N) is 1. The molecule has 130 valence electrons. The summed E-state index contributed by atoms with van der Waals surface area (Å²) >= 11 is 5.98. The van der Waals surface area contributed by atoms with Crippen LogP contribution in [0.2, 0.25) is 5.02 Å². The van der Waals surface area contributed by atoms with E-state index in [4.69, 9.17) is 11.6 Å². The summed E-state index contributed by atoms with van der Waals surface area (Å²) < 4.78 is 15.2. The summed E-state index contributed by atoms with van der Waals surface area (Å²) in [5, 5.41) is 18.2. The van der Waals surface area contributed by atoms with E-state index < -0.39 is 0 Å². The van der Waals surface area contributed by atoms with E-state index in [1.165, 1.54) is 12.1 Å². The number of rotatable bonds is 5. The third-order valence-corrected chi connectivity index (χ3v) is 4.44. The number of hydrogen-bond acceptors (Lipinski definition) is 3. The minimum Gasteiger partial charge on any atom is -0.508 e. The van der Waals surface area contributed by atoms with Gasteiger partial charge in [0.15, 0.2) is 0 Å². The van der Waals surface area contributed by atoms with Crippen LogP contribution in [0.5, 0.6) is 5.75 Å². The van der Waals surface area contributed by atoms with Crippen LogP contribution in [0.15, 0.2) is 48.7 Å². The van der Waals surface area contributed by atoms with Crippen LogP contribution in [-0.4, -0.2) is 14.9 Å². The summed E-state index contributed by atoms with van der Waals surface area (Å²) in [4.78, 5) is 0. The predicted octanol–water partition coefficient (Wildman–Crippen LogP) is 4.53. The Morgan fingerprint density at radius 2 is 2.08 bits per heavy atom. The van der Waals surface area contributed by atoms with Crippen molar-refractivity contribution in [2.45, 2.75) is 26.4 Å². The minimum absolute atomic E-state index is 0.000640. The fourth-order valence-corrected chi connectivity index (χ4v) is 2.98. The van der Waals surface area contributed by atoms with Gasteiger partial charge in [0.05, 0.1) is 11.9 Å². The fourth-order valence-electron chi connectivity index (χ4n) is 2.78. The summed E-state index contributed by atoms with van der Waals surface area (Å²) in [7, 11) is 0. The lowest BCUT2D eigenvalue weighted by Gasteiger charge is -2.15. The van der Waals surface area contributed by atoms with Crippen LogP contribution < -0.4 is 5.32 Å². The van der Waals surface area contributed by atoms with Crippen molar-refractivity contribution in [3.8, 4) is 11.4 Å². The molecule has 1 atom stereocenters. The van der Waals surface area contributed by atoms with Crippen molar-refractivity contribution in [2.75, 3.05) is 0 Å². The van der Waals surface area contributed by atoms with Crippen LogP contribution in [0.3, 0.4) is 0 Å². The summed E-state index contributed by atoms with van der Waals surface area (Å²) in [5.41, 5.74) is 3.35.